The number of rotatable bonds is 2. The fraction of sp³-hybridized carbons (Fsp3) is 0.0909. The van der Waals surface area contributed by atoms with E-state index < -0.39 is 0 Å². The predicted octanol–water partition coefficient (Wildman–Crippen LogP) is 5.90. The van der Waals surface area contributed by atoms with E-state index >= 15 is 0 Å². The third-order valence-electron chi connectivity index (χ3n) is 4.50. The molecule has 0 spiro atoms. The number of benzene rings is 3. The van der Waals surface area contributed by atoms with Crippen molar-refractivity contribution in [3.63, 3.8) is 0 Å². The van der Waals surface area contributed by atoms with Gasteiger partial charge in [-0.15, -0.1) is 0 Å². The number of hydrogen-bond acceptors (Lipinski definition) is 0. The number of allylic oxidation sites excluding steroid dienone is 1. The van der Waals surface area contributed by atoms with E-state index in [2.05, 4.69) is 91.9 Å². The molecular formula is C22H18Zr. The Morgan fingerprint density at radius 3 is 2.04 bits per heavy atom. The maximum atomic E-state index is 2.32. The second-order valence-electron chi connectivity index (χ2n) is 5.90. The van der Waals surface area contributed by atoms with E-state index in [0.29, 0.717) is 5.92 Å². The van der Waals surface area contributed by atoms with Crippen LogP contribution in [0.5, 0.6) is 0 Å². The van der Waals surface area contributed by atoms with Gasteiger partial charge in [0.05, 0.1) is 0 Å². The first-order valence-electron chi connectivity index (χ1n) is 7.76. The Hall–Kier alpha value is -1.72. The minimum absolute atomic E-state index is 0. The van der Waals surface area contributed by atoms with E-state index in [9.17, 15) is 0 Å². The zero-order valence-electron chi connectivity index (χ0n) is 13.2. The fourth-order valence-electron chi connectivity index (χ4n) is 3.52. The molecule has 23 heavy (non-hydrogen) atoms. The van der Waals surface area contributed by atoms with Crippen molar-refractivity contribution in [2.75, 3.05) is 0 Å². The number of fused-ring (bicyclic) bond motifs is 1. The van der Waals surface area contributed by atoms with Gasteiger partial charge in [-0.2, -0.15) is 0 Å². The average Bonchev–Trinajstić information content (AvgIpc) is 2.91. The van der Waals surface area contributed by atoms with Crippen LogP contribution < -0.4 is 0 Å². The van der Waals surface area contributed by atoms with Crippen LogP contribution >= 0.6 is 0 Å². The zero-order chi connectivity index (χ0) is 14.9. The van der Waals surface area contributed by atoms with Crippen molar-refractivity contribution in [1.29, 1.82) is 0 Å². The van der Waals surface area contributed by atoms with Gasteiger partial charge < -0.3 is 0 Å². The zero-order valence-corrected chi connectivity index (χ0v) is 15.6. The minimum atomic E-state index is 0. The largest absolute Gasteiger partial charge is 0.0622 e. The molecule has 0 fully saturated rings. The Morgan fingerprint density at radius 2 is 1.26 bits per heavy atom. The van der Waals surface area contributed by atoms with Gasteiger partial charge in [0.15, 0.2) is 0 Å². The molecule has 4 rings (SSSR count). The van der Waals surface area contributed by atoms with Crippen LogP contribution in [0, 0.1) is 0 Å². The van der Waals surface area contributed by atoms with Gasteiger partial charge in [0, 0.05) is 32.1 Å². The van der Waals surface area contributed by atoms with Crippen LogP contribution in [0.3, 0.4) is 0 Å². The first-order valence-corrected chi connectivity index (χ1v) is 7.76. The van der Waals surface area contributed by atoms with Crippen molar-refractivity contribution in [2.24, 2.45) is 0 Å². The van der Waals surface area contributed by atoms with Crippen molar-refractivity contribution in [3.05, 3.63) is 101 Å². The molecule has 0 bridgehead atoms. The fourth-order valence-corrected chi connectivity index (χ4v) is 3.52. The number of hydrogen-bond donors (Lipinski definition) is 0. The Bertz CT molecular complexity index is 847. The summed E-state index contributed by atoms with van der Waals surface area (Å²) in [4.78, 5) is 0. The molecular weight excluding hydrogens is 355 g/mol. The van der Waals surface area contributed by atoms with Crippen LogP contribution in [0.1, 0.15) is 29.5 Å². The molecule has 3 aromatic carbocycles. The summed E-state index contributed by atoms with van der Waals surface area (Å²) in [7, 11) is 0. The summed E-state index contributed by atoms with van der Waals surface area (Å²) in [5, 5.41) is 0. The van der Waals surface area contributed by atoms with Gasteiger partial charge in [0.2, 0.25) is 0 Å². The Morgan fingerprint density at radius 1 is 0.652 bits per heavy atom. The van der Waals surface area contributed by atoms with Crippen LogP contribution in [-0.4, -0.2) is 0 Å². The van der Waals surface area contributed by atoms with E-state index in [-0.39, 0.29) is 26.2 Å². The Labute approximate surface area is 157 Å². The van der Waals surface area contributed by atoms with Gasteiger partial charge in [-0.1, -0.05) is 90.5 Å². The van der Waals surface area contributed by atoms with Gasteiger partial charge in [-0.25, -0.2) is 0 Å². The Balaban J connectivity index is 0.00000156. The summed E-state index contributed by atoms with van der Waals surface area (Å²) in [5.74, 6) is 0.368. The molecule has 0 heterocycles. The molecule has 1 heteroatoms. The summed E-state index contributed by atoms with van der Waals surface area (Å²) >= 11 is 0. The van der Waals surface area contributed by atoms with Crippen LogP contribution in [0.2, 0.25) is 0 Å². The monoisotopic (exact) mass is 372 g/mol. The maximum Gasteiger partial charge on any atom is 0.0311 e. The quantitative estimate of drug-likeness (QED) is 0.524. The molecule has 1 atom stereocenters. The molecule has 0 amide bonds. The molecule has 0 radical (unpaired) electrons. The molecule has 1 aliphatic rings. The molecule has 110 valence electrons. The van der Waals surface area contributed by atoms with E-state index in [0.717, 1.165) is 0 Å². The normalized spacial score (nSPS) is 15.5. The summed E-state index contributed by atoms with van der Waals surface area (Å²) in [6.07, 6.45) is 2.32. The van der Waals surface area contributed by atoms with Gasteiger partial charge in [-0.05, 0) is 34.7 Å². The van der Waals surface area contributed by atoms with Crippen LogP contribution in [0.4, 0.5) is 0 Å². The molecule has 1 unspecified atom stereocenters. The molecule has 0 aliphatic heterocycles. The summed E-state index contributed by atoms with van der Waals surface area (Å²) < 4.78 is 0. The van der Waals surface area contributed by atoms with Crippen LogP contribution in [-0.2, 0) is 26.2 Å². The Kier molecular flexibility index (Phi) is 4.78. The van der Waals surface area contributed by atoms with Gasteiger partial charge in [-0.3, -0.25) is 0 Å². The van der Waals surface area contributed by atoms with E-state index in [1.54, 1.807) is 0 Å². The second kappa shape index (κ2) is 6.81. The third-order valence-corrected chi connectivity index (χ3v) is 4.50. The van der Waals surface area contributed by atoms with Gasteiger partial charge in [0.1, 0.15) is 0 Å². The van der Waals surface area contributed by atoms with Crippen molar-refractivity contribution >= 4 is 6.08 Å². The molecule has 0 saturated carbocycles. The molecule has 0 saturated heterocycles. The maximum absolute atomic E-state index is 2.32. The molecule has 0 aromatic heterocycles. The molecule has 3 aromatic rings. The second-order valence-corrected chi connectivity index (χ2v) is 5.90. The first kappa shape index (κ1) is 16.2. The molecule has 0 nitrogen and oxygen atoms in total. The topological polar surface area (TPSA) is 0 Å². The SMILES string of the molecule is CC1=Cc2ccccc2C1c1ccccc1-c1ccccc1.[Zr]. The summed E-state index contributed by atoms with van der Waals surface area (Å²) in [6, 6.07) is 28.2. The summed E-state index contributed by atoms with van der Waals surface area (Å²) in [6.45, 7) is 2.24. The van der Waals surface area contributed by atoms with Crippen LogP contribution in [0.25, 0.3) is 17.2 Å². The van der Waals surface area contributed by atoms with Gasteiger partial charge >= 0.3 is 0 Å². The molecule has 1 aliphatic carbocycles. The van der Waals surface area contributed by atoms with Crippen molar-refractivity contribution in [3.8, 4) is 11.1 Å². The average molecular weight is 374 g/mol. The van der Waals surface area contributed by atoms with E-state index in [1.807, 2.05) is 0 Å². The summed E-state index contributed by atoms with van der Waals surface area (Å²) in [5.41, 5.74) is 8.21. The smallest absolute Gasteiger partial charge is 0.0311 e. The van der Waals surface area contributed by atoms with E-state index in [1.165, 1.54) is 33.4 Å². The van der Waals surface area contributed by atoms with E-state index in [4.69, 9.17) is 0 Å². The minimum Gasteiger partial charge on any atom is -0.0622 e. The predicted molar refractivity (Wildman–Crippen MR) is 93.8 cm³/mol. The van der Waals surface area contributed by atoms with Crippen LogP contribution in [0.15, 0.2) is 84.4 Å². The third kappa shape index (κ3) is 2.91. The van der Waals surface area contributed by atoms with Crippen molar-refractivity contribution < 1.29 is 26.2 Å². The standard InChI is InChI=1S/C22H18.Zr/c1-16-15-18-11-5-6-13-20(18)22(16)21-14-8-7-12-19(21)17-9-3-2-4-10-17;/h2-15,22H,1H3;. The van der Waals surface area contributed by atoms with Crippen molar-refractivity contribution in [1.82, 2.24) is 0 Å². The first-order chi connectivity index (χ1) is 10.8. The van der Waals surface area contributed by atoms with Gasteiger partial charge in [0.25, 0.3) is 0 Å². The van der Waals surface area contributed by atoms with Crippen molar-refractivity contribution in [2.45, 2.75) is 12.8 Å². The molecule has 0 N–H and O–H groups in total.